The predicted octanol–water partition coefficient (Wildman–Crippen LogP) is 3.83. The van der Waals surface area contributed by atoms with Crippen LogP contribution in [0.2, 0.25) is 0 Å². The van der Waals surface area contributed by atoms with Crippen LogP contribution in [0.4, 0.5) is 0 Å². The first-order valence-corrected chi connectivity index (χ1v) is 6.45. The van der Waals surface area contributed by atoms with Crippen LogP contribution in [0.15, 0.2) is 10.6 Å². The van der Waals surface area contributed by atoms with Gasteiger partial charge in [0.1, 0.15) is 0 Å². The van der Waals surface area contributed by atoms with E-state index >= 15 is 0 Å². The molecule has 0 amide bonds. The highest BCUT2D eigenvalue weighted by molar-refractivity contribution is 9.11. The van der Waals surface area contributed by atoms with Gasteiger partial charge in [0.2, 0.25) is 0 Å². The molecule has 0 aromatic heterocycles. The maximum absolute atomic E-state index is 3.74. The summed E-state index contributed by atoms with van der Waals surface area (Å²) in [4.78, 5) is 1.47. The lowest BCUT2D eigenvalue weighted by Crippen LogP contribution is -2.47. The Morgan fingerprint density at radius 1 is 1.18 bits per heavy atom. The third kappa shape index (κ3) is 1.37. The number of fused-ring (bicyclic) bond motifs is 2. The van der Waals surface area contributed by atoms with E-state index in [-0.39, 0.29) is 0 Å². The zero-order valence-electron chi connectivity index (χ0n) is 5.93. The van der Waals surface area contributed by atoms with Gasteiger partial charge in [0.25, 0.3) is 0 Å². The molecule has 2 atom stereocenters. The van der Waals surface area contributed by atoms with Gasteiger partial charge in [-0.2, -0.15) is 0 Å². The van der Waals surface area contributed by atoms with Crippen LogP contribution in [0, 0.1) is 11.8 Å². The summed E-state index contributed by atoms with van der Waals surface area (Å²) >= 11 is 11.1. The summed E-state index contributed by atoms with van der Waals surface area (Å²) in [5, 5.41) is 0. The van der Waals surface area contributed by atoms with Crippen LogP contribution >= 0.6 is 47.8 Å². The molecule has 11 heavy (non-hydrogen) atoms. The number of hydrogen-bond acceptors (Lipinski definition) is 0. The van der Waals surface area contributed by atoms with E-state index in [4.69, 9.17) is 0 Å². The average Bonchev–Trinajstić information content (AvgIpc) is 2.21. The Bertz CT molecular complexity index is 190. The second-order valence-electron chi connectivity index (χ2n) is 3.31. The summed E-state index contributed by atoms with van der Waals surface area (Å²) in [6.07, 6.45) is 4.73. The molecule has 0 N–H and O–H groups in total. The fourth-order valence-corrected chi connectivity index (χ4v) is 5.40. The largest absolute Gasteiger partial charge is 0.0884 e. The summed E-state index contributed by atoms with van der Waals surface area (Å²) < 4.78 is 1.39. The van der Waals surface area contributed by atoms with Gasteiger partial charge in [-0.15, -0.1) is 0 Å². The van der Waals surface area contributed by atoms with E-state index in [2.05, 4.69) is 53.9 Å². The standard InChI is InChI=1S/C8H9Br3/c9-4-1-2-5-7(10)6(3-4)8(5)11/h1,5-8H,2-3H2/t5?,6?,7-,8-/m0/s1. The van der Waals surface area contributed by atoms with Crippen molar-refractivity contribution in [1.82, 2.24) is 0 Å². The highest BCUT2D eigenvalue weighted by Crippen LogP contribution is 2.52. The van der Waals surface area contributed by atoms with Gasteiger partial charge < -0.3 is 0 Å². The number of hydrogen-bond donors (Lipinski definition) is 0. The van der Waals surface area contributed by atoms with E-state index in [1.54, 1.807) is 0 Å². The topological polar surface area (TPSA) is 0 Å². The molecule has 62 valence electrons. The first-order chi connectivity index (χ1) is 5.20. The van der Waals surface area contributed by atoms with Crippen LogP contribution in [-0.2, 0) is 0 Å². The van der Waals surface area contributed by atoms with E-state index < -0.39 is 0 Å². The van der Waals surface area contributed by atoms with Crippen LogP contribution < -0.4 is 0 Å². The molecule has 0 unspecified atom stereocenters. The van der Waals surface area contributed by atoms with Crippen molar-refractivity contribution in [2.75, 3.05) is 0 Å². The number of alkyl halides is 2. The summed E-state index contributed by atoms with van der Waals surface area (Å²) in [6, 6.07) is 0. The number of allylic oxidation sites excluding steroid dienone is 2. The monoisotopic (exact) mass is 342 g/mol. The summed E-state index contributed by atoms with van der Waals surface area (Å²) in [5.41, 5.74) is 0. The minimum atomic E-state index is 0.734. The lowest BCUT2D eigenvalue weighted by atomic mass is 9.73. The molecule has 3 rings (SSSR count). The minimum absolute atomic E-state index is 0.734. The SMILES string of the molecule is BrC1=CCC2[C@H](Br)C(C1)[C@H]2Br. The minimum Gasteiger partial charge on any atom is -0.0884 e. The lowest BCUT2D eigenvalue weighted by molar-refractivity contribution is 0.247. The third-order valence-electron chi connectivity index (χ3n) is 2.68. The van der Waals surface area contributed by atoms with E-state index in [1.165, 1.54) is 17.3 Å². The molecule has 3 aliphatic carbocycles. The van der Waals surface area contributed by atoms with E-state index in [9.17, 15) is 0 Å². The molecule has 0 aliphatic heterocycles. The predicted molar refractivity (Wildman–Crippen MR) is 58.7 cm³/mol. The molecule has 0 saturated heterocycles. The average molecular weight is 345 g/mol. The van der Waals surface area contributed by atoms with Crippen molar-refractivity contribution in [3.05, 3.63) is 10.6 Å². The third-order valence-corrected chi connectivity index (χ3v) is 6.04. The quantitative estimate of drug-likeness (QED) is 0.586. The van der Waals surface area contributed by atoms with Gasteiger partial charge in [-0.1, -0.05) is 53.9 Å². The van der Waals surface area contributed by atoms with Gasteiger partial charge in [-0.3, -0.25) is 0 Å². The molecule has 0 heterocycles. The highest BCUT2D eigenvalue weighted by Gasteiger charge is 2.48. The lowest BCUT2D eigenvalue weighted by Gasteiger charge is -2.45. The van der Waals surface area contributed by atoms with Crippen molar-refractivity contribution >= 4 is 47.8 Å². The van der Waals surface area contributed by atoms with Crippen molar-refractivity contribution in [2.24, 2.45) is 11.8 Å². The first kappa shape index (κ1) is 8.76. The zero-order chi connectivity index (χ0) is 8.01. The van der Waals surface area contributed by atoms with Crippen LogP contribution in [0.1, 0.15) is 12.8 Å². The maximum atomic E-state index is 3.74. The molecule has 3 heteroatoms. The van der Waals surface area contributed by atoms with E-state index in [0.29, 0.717) is 0 Å². The number of halogens is 3. The van der Waals surface area contributed by atoms with Gasteiger partial charge in [-0.05, 0) is 29.2 Å². The van der Waals surface area contributed by atoms with Crippen molar-refractivity contribution in [3.63, 3.8) is 0 Å². The summed E-state index contributed by atoms with van der Waals surface area (Å²) in [6.45, 7) is 0. The molecule has 0 aromatic rings. The summed E-state index contributed by atoms with van der Waals surface area (Å²) in [5.74, 6) is 1.61. The van der Waals surface area contributed by atoms with Gasteiger partial charge in [-0.25, -0.2) is 0 Å². The Kier molecular flexibility index (Phi) is 2.51. The van der Waals surface area contributed by atoms with Crippen molar-refractivity contribution < 1.29 is 0 Å². The fraction of sp³-hybridized carbons (Fsp3) is 0.750. The fourth-order valence-electron chi connectivity index (χ4n) is 1.90. The van der Waals surface area contributed by atoms with Crippen LogP contribution in [0.5, 0.6) is 0 Å². The maximum Gasteiger partial charge on any atom is 0.0230 e. The number of rotatable bonds is 0. The molecule has 0 radical (unpaired) electrons. The highest BCUT2D eigenvalue weighted by atomic mass is 79.9. The Balaban J connectivity index is 2.15. The van der Waals surface area contributed by atoms with Crippen molar-refractivity contribution in [1.29, 1.82) is 0 Å². The van der Waals surface area contributed by atoms with Crippen LogP contribution in [0.25, 0.3) is 0 Å². The van der Waals surface area contributed by atoms with Gasteiger partial charge >= 0.3 is 0 Å². The Labute approximate surface area is 92.2 Å². The molecule has 0 nitrogen and oxygen atoms in total. The van der Waals surface area contributed by atoms with Crippen molar-refractivity contribution in [2.45, 2.75) is 22.5 Å². The molecule has 2 bridgehead atoms. The molecule has 0 spiro atoms. The van der Waals surface area contributed by atoms with E-state index in [1.807, 2.05) is 0 Å². The van der Waals surface area contributed by atoms with Gasteiger partial charge in [0.05, 0.1) is 0 Å². The summed E-state index contributed by atoms with van der Waals surface area (Å²) in [7, 11) is 0. The zero-order valence-corrected chi connectivity index (χ0v) is 10.7. The smallest absolute Gasteiger partial charge is 0.0230 e. The van der Waals surface area contributed by atoms with Crippen LogP contribution in [0.3, 0.4) is 0 Å². The second kappa shape index (κ2) is 3.15. The molecule has 1 saturated carbocycles. The molecule has 3 aliphatic rings. The first-order valence-electron chi connectivity index (χ1n) is 3.83. The molecular weight excluding hydrogens is 336 g/mol. The Hall–Kier alpha value is 1.18. The Morgan fingerprint density at radius 2 is 1.82 bits per heavy atom. The van der Waals surface area contributed by atoms with Gasteiger partial charge in [0, 0.05) is 9.65 Å². The Morgan fingerprint density at radius 3 is 2.45 bits per heavy atom. The van der Waals surface area contributed by atoms with Crippen molar-refractivity contribution in [3.8, 4) is 0 Å². The molecular formula is C8H9Br3. The van der Waals surface area contributed by atoms with Gasteiger partial charge in [0.15, 0.2) is 0 Å². The molecule has 0 aromatic carbocycles. The van der Waals surface area contributed by atoms with E-state index in [0.717, 1.165) is 21.5 Å². The van der Waals surface area contributed by atoms with Crippen LogP contribution in [-0.4, -0.2) is 9.65 Å². The normalized spacial score (nSPS) is 49.2. The second-order valence-corrected chi connectivity index (χ2v) is 6.44. The molecule has 1 fully saturated rings.